The van der Waals surface area contributed by atoms with Crippen LogP contribution in [0.3, 0.4) is 0 Å². The SMILES string of the molecule is COc1ccc([Te](Cl)(Cl)c2cc(C)ccc2N=Cc2c3ccccc3cc3ccccc23)cc1. The third kappa shape index (κ3) is 4.42. The molecule has 0 aliphatic rings. The number of halogens is 2. The summed E-state index contributed by atoms with van der Waals surface area (Å²) in [4.78, 5) is 4.97. The number of nitrogens with zero attached hydrogens (tertiary/aromatic N) is 1. The number of hydrogen-bond acceptors (Lipinski definition) is 2. The van der Waals surface area contributed by atoms with Crippen molar-refractivity contribution >= 4 is 74.5 Å². The topological polar surface area (TPSA) is 21.6 Å². The normalized spacial score (nSPS) is 12.5. The Hall–Kier alpha value is -2.54. The number of ether oxygens (including phenoxy) is 1. The molecule has 0 amide bonds. The molecule has 0 atom stereocenters. The summed E-state index contributed by atoms with van der Waals surface area (Å²) in [5.74, 6) is 0.779. The average Bonchev–Trinajstić information content (AvgIpc) is 2.87. The summed E-state index contributed by atoms with van der Waals surface area (Å²) in [6, 6.07) is 32.9. The molecule has 5 aromatic carbocycles. The minimum atomic E-state index is -3.69. The monoisotopic (exact) mass is 601 g/mol. The van der Waals surface area contributed by atoms with Crippen LogP contribution in [0.25, 0.3) is 21.5 Å². The second-order valence-corrected chi connectivity index (χ2v) is 20.7. The molecule has 5 aromatic rings. The molecular formula is C29H23Cl2NOTe. The molecule has 0 bridgehead atoms. The van der Waals surface area contributed by atoms with Gasteiger partial charge in [0.15, 0.2) is 0 Å². The second-order valence-electron chi connectivity index (χ2n) is 8.11. The van der Waals surface area contributed by atoms with Crippen molar-refractivity contribution in [3.05, 3.63) is 108 Å². The van der Waals surface area contributed by atoms with E-state index in [-0.39, 0.29) is 0 Å². The van der Waals surface area contributed by atoms with E-state index in [2.05, 4.69) is 73.7 Å². The van der Waals surface area contributed by atoms with Crippen LogP contribution in [0.2, 0.25) is 0 Å². The minimum absolute atomic E-state index is 0.779. The van der Waals surface area contributed by atoms with E-state index < -0.39 is 15.9 Å². The van der Waals surface area contributed by atoms with Gasteiger partial charge in [0.2, 0.25) is 0 Å². The van der Waals surface area contributed by atoms with Crippen LogP contribution < -0.4 is 12.0 Å². The first-order chi connectivity index (χ1) is 16.5. The zero-order valence-electron chi connectivity index (χ0n) is 18.8. The Labute approximate surface area is 211 Å². The van der Waals surface area contributed by atoms with Gasteiger partial charge in [-0.15, -0.1) is 0 Å². The number of aliphatic imine (C=N–C) groups is 1. The molecule has 0 aliphatic carbocycles. The van der Waals surface area contributed by atoms with Crippen LogP contribution in [0, 0.1) is 6.92 Å². The molecule has 34 heavy (non-hydrogen) atoms. The van der Waals surface area contributed by atoms with E-state index in [0.29, 0.717) is 0 Å². The van der Waals surface area contributed by atoms with E-state index in [1.165, 1.54) is 21.5 Å². The number of methoxy groups -OCH3 is 1. The predicted molar refractivity (Wildman–Crippen MR) is 150 cm³/mol. The molecule has 2 nitrogen and oxygen atoms in total. The van der Waals surface area contributed by atoms with E-state index in [1.54, 1.807) is 7.11 Å². The van der Waals surface area contributed by atoms with E-state index in [9.17, 15) is 0 Å². The third-order valence-electron chi connectivity index (χ3n) is 5.89. The van der Waals surface area contributed by atoms with Gasteiger partial charge >= 0.3 is 212 Å². The van der Waals surface area contributed by atoms with Crippen LogP contribution in [0.1, 0.15) is 11.1 Å². The quantitative estimate of drug-likeness (QED) is 0.120. The number of hydrogen-bond donors (Lipinski definition) is 0. The zero-order valence-corrected chi connectivity index (χ0v) is 22.7. The number of fused-ring (bicyclic) bond motifs is 2. The molecule has 0 aliphatic heterocycles. The molecule has 0 radical (unpaired) electrons. The molecule has 0 aromatic heterocycles. The van der Waals surface area contributed by atoms with E-state index in [1.807, 2.05) is 36.5 Å². The first-order valence-electron chi connectivity index (χ1n) is 10.9. The molecular weight excluding hydrogens is 577 g/mol. The Bertz CT molecular complexity index is 1470. The Morgan fingerprint density at radius 3 is 2.00 bits per heavy atom. The van der Waals surface area contributed by atoms with Gasteiger partial charge in [0.1, 0.15) is 0 Å². The van der Waals surface area contributed by atoms with Gasteiger partial charge in [-0.25, -0.2) is 0 Å². The Morgan fingerprint density at radius 2 is 1.38 bits per heavy atom. The van der Waals surface area contributed by atoms with Crippen molar-refractivity contribution in [1.29, 1.82) is 0 Å². The van der Waals surface area contributed by atoms with Crippen molar-refractivity contribution in [2.24, 2.45) is 4.99 Å². The zero-order chi connectivity index (χ0) is 23.7. The number of rotatable bonds is 5. The van der Waals surface area contributed by atoms with Gasteiger partial charge in [-0.3, -0.25) is 0 Å². The summed E-state index contributed by atoms with van der Waals surface area (Å²) in [5.41, 5.74) is 3.01. The summed E-state index contributed by atoms with van der Waals surface area (Å²) in [7, 11) is 16.0. The van der Waals surface area contributed by atoms with Crippen molar-refractivity contribution in [3.8, 4) is 5.75 Å². The van der Waals surface area contributed by atoms with Crippen LogP contribution in [0.5, 0.6) is 5.75 Å². The fourth-order valence-corrected chi connectivity index (χ4v) is 11.3. The van der Waals surface area contributed by atoms with Gasteiger partial charge in [-0.1, -0.05) is 0 Å². The van der Waals surface area contributed by atoms with Crippen LogP contribution in [0.15, 0.2) is 102 Å². The Morgan fingerprint density at radius 1 is 0.765 bits per heavy atom. The van der Waals surface area contributed by atoms with E-state index in [0.717, 1.165) is 29.8 Å². The van der Waals surface area contributed by atoms with Crippen LogP contribution in [-0.2, 0) is 0 Å². The van der Waals surface area contributed by atoms with E-state index >= 15 is 0 Å². The molecule has 170 valence electrons. The van der Waals surface area contributed by atoms with Crippen molar-refractivity contribution < 1.29 is 4.74 Å². The summed E-state index contributed by atoms with van der Waals surface area (Å²) < 4.78 is 7.18. The first kappa shape index (κ1) is 23.2. The Kier molecular flexibility index (Phi) is 6.56. The fourth-order valence-electron chi connectivity index (χ4n) is 4.13. The van der Waals surface area contributed by atoms with Crippen LogP contribution in [0.4, 0.5) is 5.69 Å². The summed E-state index contributed by atoms with van der Waals surface area (Å²) in [6.45, 7) is 2.05. The van der Waals surface area contributed by atoms with Crippen LogP contribution in [-0.4, -0.2) is 29.3 Å². The summed E-state index contributed by atoms with van der Waals surface area (Å²) in [5, 5.41) is 4.70. The third-order valence-corrected chi connectivity index (χ3v) is 15.5. The predicted octanol–water partition coefficient (Wildman–Crippen LogP) is 7.09. The van der Waals surface area contributed by atoms with Gasteiger partial charge in [-0.05, 0) is 0 Å². The molecule has 0 spiro atoms. The average molecular weight is 600 g/mol. The van der Waals surface area contributed by atoms with Crippen molar-refractivity contribution in [2.45, 2.75) is 6.92 Å². The van der Waals surface area contributed by atoms with Gasteiger partial charge < -0.3 is 0 Å². The van der Waals surface area contributed by atoms with Gasteiger partial charge in [-0.2, -0.15) is 0 Å². The standard InChI is InChI=1S/C29H23Cl2NOTe/c1-20-11-16-28(29(17-20)34(30,31)24-14-12-23(33-2)13-15-24)32-19-27-25-9-5-3-7-21(25)18-22-8-4-6-10-26(22)27/h3-19H,1-2H3. The van der Waals surface area contributed by atoms with Crippen molar-refractivity contribution in [3.63, 3.8) is 0 Å². The molecule has 5 rings (SSSR count). The van der Waals surface area contributed by atoms with Gasteiger partial charge in [0.05, 0.1) is 0 Å². The van der Waals surface area contributed by atoms with Gasteiger partial charge in [0.25, 0.3) is 0 Å². The number of benzene rings is 5. The van der Waals surface area contributed by atoms with E-state index in [4.69, 9.17) is 27.7 Å². The molecule has 0 saturated heterocycles. The molecule has 5 heteroatoms. The summed E-state index contributed by atoms with van der Waals surface area (Å²) >= 11 is -3.69. The van der Waals surface area contributed by atoms with Gasteiger partial charge in [0, 0.05) is 0 Å². The fraction of sp³-hybridized carbons (Fsp3) is 0.0690. The molecule has 0 saturated carbocycles. The molecule has 0 fully saturated rings. The van der Waals surface area contributed by atoms with Crippen LogP contribution >= 0.6 is 17.9 Å². The second kappa shape index (κ2) is 9.61. The molecule has 0 unspecified atom stereocenters. The van der Waals surface area contributed by atoms with Crippen molar-refractivity contribution in [2.75, 3.05) is 7.11 Å². The molecule has 0 N–H and O–H groups in total. The maximum atomic E-state index is 7.17. The Balaban J connectivity index is 1.65. The number of aryl methyl sites for hydroxylation is 1. The first-order valence-corrected chi connectivity index (χ1v) is 19.1. The summed E-state index contributed by atoms with van der Waals surface area (Å²) in [6.07, 6.45) is 1.96. The van der Waals surface area contributed by atoms with Crippen molar-refractivity contribution in [1.82, 2.24) is 0 Å². The molecule has 0 heterocycles. The maximum absolute atomic E-state index is 7.17.